The fourth-order valence-electron chi connectivity index (χ4n) is 3.34. The van der Waals surface area contributed by atoms with Crippen LogP contribution in [0.4, 0.5) is 0 Å². The highest BCUT2D eigenvalue weighted by Gasteiger charge is 2.17. The Labute approximate surface area is 232 Å². The van der Waals surface area contributed by atoms with E-state index in [1.54, 1.807) is 25.5 Å². The van der Waals surface area contributed by atoms with E-state index < -0.39 is 0 Å². The molecule has 4 rings (SSSR count). The number of benzene rings is 3. The van der Waals surface area contributed by atoms with Crippen LogP contribution in [-0.2, 0) is 4.79 Å². The molecule has 0 radical (unpaired) electrons. The van der Waals surface area contributed by atoms with E-state index in [2.05, 4.69) is 36.7 Å². The van der Waals surface area contributed by atoms with E-state index in [4.69, 9.17) is 21.1 Å². The number of hydrazone groups is 1. The number of carbonyl (C=O) groups excluding carboxylic acids is 1. The lowest BCUT2D eigenvalue weighted by molar-refractivity contribution is -0.118. The molecule has 0 atom stereocenters. The fraction of sp³-hybridized carbons (Fsp3) is 0.154. The highest BCUT2D eigenvalue weighted by Crippen LogP contribution is 2.29. The Balaban J connectivity index is 1.50. The van der Waals surface area contributed by atoms with Crippen LogP contribution in [0.1, 0.15) is 12.5 Å². The number of amides is 1. The number of halogens is 2. The summed E-state index contributed by atoms with van der Waals surface area (Å²) < 4.78 is 13.5. The number of aromatic nitrogens is 3. The third-order valence-corrected chi connectivity index (χ3v) is 6.85. The van der Waals surface area contributed by atoms with Crippen molar-refractivity contribution >= 4 is 51.4 Å². The second-order valence-corrected chi connectivity index (χ2v) is 9.78. The van der Waals surface area contributed by atoms with Crippen molar-refractivity contribution in [3.05, 3.63) is 81.8 Å². The normalized spacial score (nSPS) is 11.0. The van der Waals surface area contributed by atoms with Gasteiger partial charge in [-0.3, -0.25) is 9.36 Å². The van der Waals surface area contributed by atoms with Crippen LogP contribution in [0.15, 0.2) is 81.5 Å². The molecule has 1 heterocycles. The molecule has 37 heavy (non-hydrogen) atoms. The van der Waals surface area contributed by atoms with Gasteiger partial charge < -0.3 is 9.47 Å². The standard InChI is InChI=1S/C26H23BrClN5O3S/c1-3-36-21-11-9-20(10-12-21)33-25(18-5-7-19(28)8-6-18)31-32-26(33)37-16-24(34)30-29-15-17-4-13-23(35-2)22(27)14-17/h4-15H,3,16H2,1-2H3,(H,30,34). The molecular formula is C26H23BrClN5O3S. The van der Waals surface area contributed by atoms with Gasteiger partial charge in [0, 0.05) is 16.3 Å². The van der Waals surface area contributed by atoms with Crippen molar-refractivity contribution in [1.29, 1.82) is 0 Å². The molecule has 0 unspecified atom stereocenters. The Morgan fingerprint density at radius 1 is 1.14 bits per heavy atom. The van der Waals surface area contributed by atoms with Gasteiger partial charge in [-0.2, -0.15) is 5.10 Å². The van der Waals surface area contributed by atoms with Crippen molar-refractivity contribution in [1.82, 2.24) is 20.2 Å². The summed E-state index contributed by atoms with van der Waals surface area (Å²) in [5, 5.41) is 14.0. The van der Waals surface area contributed by atoms with Gasteiger partial charge in [0.2, 0.25) is 0 Å². The maximum Gasteiger partial charge on any atom is 0.250 e. The third kappa shape index (κ3) is 6.91. The van der Waals surface area contributed by atoms with Crippen LogP contribution in [0.2, 0.25) is 5.02 Å². The Morgan fingerprint density at radius 2 is 1.89 bits per heavy atom. The lowest BCUT2D eigenvalue weighted by Gasteiger charge is -2.11. The van der Waals surface area contributed by atoms with E-state index in [0.717, 1.165) is 27.0 Å². The molecule has 0 aliphatic rings. The van der Waals surface area contributed by atoms with Gasteiger partial charge in [-0.1, -0.05) is 23.4 Å². The molecule has 8 nitrogen and oxygen atoms in total. The minimum absolute atomic E-state index is 0.0967. The lowest BCUT2D eigenvalue weighted by Crippen LogP contribution is -2.20. The zero-order valence-corrected chi connectivity index (χ0v) is 23.2. The Hall–Kier alpha value is -3.34. The number of nitrogens with one attached hydrogen (secondary N) is 1. The molecule has 1 N–H and O–H groups in total. The van der Waals surface area contributed by atoms with Gasteiger partial charge >= 0.3 is 0 Å². The first-order valence-electron chi connectivity index (χ1n) is 11.2. The van der Waals surface area contributed by atoms with E-state index >= 15 is 0 Å². The number of hydrogen-bond acceptors (Lipinski definition) is 7. The SMILES string of the molecule is CCOc1ccc(-n2c(SCC(=O)NN=Cc3ccc(OC)c(Br)c3)nnc2-c2ccc(Cl)cc2)cc1. The summed E-state index contributed by atoms with van der Waals surface area (Å²) >= 11 is 10.8. The monoisotopic (exact) mass is 599 g/mol. The topological polar surface area (TPSA) is 90.6 Å². The summed E-state index contributed by atoms with van der Waals surface area (Å²) in [6, 6.07) is 20.5. The van der Waals surface area contributed by atoms with E-state index in [1.165, 1.54) is 11.8 Å². The average Bonchev–Trinajstić information content (AvgIpc) is 3.32. The second kappa shape index (κ2) is 12.8. The van der Waals surface area contributed by atoms with Crippen LogP contribution in [0.25, 0.3) is 17.1 Å². The number of ether oxygens (including phenoxy) is 2. The van der Waals surface area contributed by atoms with Gasteiger partial charge in [-0.15, -0.1) is 10.2 Å². The molecule has 0 fully saturated rings. The third-order valence-electron chi connectivity index (χ3n) is 5.05. The fourth-order valence-corrected chi connectivity index (χ4v) is 4.77. The molecular weight excluding hydrogens is 578 g/mol. The number of nitrogens with zero attached hydrogens (tertiary/aromatic N) is 4. The summed E-state index contributed by atoms with van der Waals surface area (Å²) in [6.45, 7) is 2.52. The highest BCUT2D eigenvalue weighted by atomic mass is 79.9. The quantitative estimate of drug-likeness (QED) is 0.136. The van der Waals surface area contributed by atoms with Crippen LogP contribution in [0, 0.1) is 0 Å². The molecule has 0 bridgehead atoms. The van der Waals surface area contributed by atoms with Crippen molar-refractivity contribution in [3.63, 3.8) is 0 Å². The van der Waals surface area contributed by atoms with Crippen LogP contribution in [0.5, 0.6) is 11.5 Å². The van der Waals surface area contributed by atoms with Gasteiger partial charge in [-0.05, 0) is 95.1 Å². The van der Waals surface area contributed by atoms with E-state index in [0.29, 0.717) is 28.4 Å². The van der Waals surface area contributed by atoms with Gasteiger partial charge in [-0.25, -0.2) is 5.43 Å². The van der Waals surface area contributed by atoms with E-state index in [1.807, 2.05) is 66.1 Å². The Bertz CT molecular complexity index is 1390. The predicted molar refractivity (Wildman–Crippen MR) is 150 cm³/mol. The highest BCUT2D eigenvalue weighted by molar-refractivity contribution is 9.10. The second-order valence-electron chi connectivity index (χ2n) is 7.55. The molecule has 0 saturated heterocycles. The largest absolute Gasteiger partial charge is 0.496 e. The minimum atomic E-state index is -0.275. The zero-order valence-electron chi connectivity index (χ0n) is 20.0. The summed E-state index contributed by atoms with van der Waals surface area (Å²) in [7, 11) is 1.60. The van der Waals surface area contributed by atoms with Crippen LogP contribution in [-0.4, -0.2) is 46.4 Å². The van der Waals surface area contributed by atoms with Crippen molar-refractivity contribution in [2.45, 2.75) is 12.1 Å². The smallest absolute Gasteiger partial charge is 0.250 e. The summed E-state index contributed by atoms with van der Waals surface area (Å²) in [5.74, 6) is 1.93. The molecule has 0 spiro atoms. The summed E-state index contributed by atoms with van der Waals surface area (Å²) in [4.78, 5) is 12.5. The number of thioether (sulfide) groups is 1. The number of carbonyl (C=O) groups is 1. The van der Waals surface area contributed by atoms with Crippen molar-refractivity contribution in [3.8, 4) is 28.6 Å². The number of methoxy groups -OCH3 is 1. The molecule has 0 aliphatic heterocycles. The van der Waals surface area contributed by atoms with Crippen molar-refractivity contribution in [2.75, 3.05) is 19.5 Å². The van der Waals surface area contributed by atoms with E-state index in [9.17, 15) is 4.79 Å². The molecule has 4 aromatic rings. The molecule has 0 saturated carbocycles. The van der Waals surface area contributed by atoms with Crippen LogP contribution < -0.4 is 14.9 Å². The maximum atomic E-state index is 12.5. The van der Waals surface area contributed by atoms with Gasteiger partial charge in [0.05, 0.1) is 30.2 Å². The molecule has 0 aliphatic carbocycles. The maximum absolute atomic E-state index is 12.5. The van der Waals surface area contributed by atoms with Gasteiger partial charge in [0.15, 0.2) is 11.0 Å². The van der Waals surface area contributed by atoms with E-state index in [-0.39, 0.29) is 11.7 Å². The molecule has 1 aromatic heterocycles. The molecule has 3 aromatic carbocycles. The first-order valence-corrected chi connectivity index (χ1v) is 13.4. The number of rotatable bonds is 10. The van der Waals surface area contributed by atoms with Crippen LogP contribution >= 0.6 is 39.3 Å². The minimum Gasteiger partial charge on any atom is -0.496 e. The first kappa shape index (κ1) is 26.7. The Morgan fingerprint density at radius 3 is 2.57 bits per heavy atom. The summed E-state index contributed by atoms with van der Waals surface area (Å²) in [5.41, 5.74) is 5.04. The predicted octanol–water partition coefficient (Wildman–Crippen LogP) is 6.00. The van der Waals surface area contributed by atoms with Crippen molar-refractivity contribution in [2.24, 2.45) is 5.10 Å². The Kier molecular flexibility index (Phi) is 9.21. The van der Waals surface area contributed by atoms with Crippen molar-refractivity contribution < 1.29 is 14.3 Å². The average molecular weight is 601 g/mol. The van der Waals surface area contributed by atoms with Gasteiger partial charge in [0.1, 0.15) is 11.5 Å². The molecule has 190 valence electrons. The number of hydrogen-bond donors (Lipinski definition) is 1. The zero-order chi connectivity index (χ0) is 26.2. The first-order chi connectivity index (χ1) is 18.0. The van der Waals surface area contributed by atoms with Gasteiger partial charge in [0.25, 0.3) is 5.91 Å². The van der Waals surface area contributed by atoms with Crippen LogP contribution in [0.3, 0.4) is 0 Å². The summed E-state index contributed by atoms with van der Waals surface area (Å²) in [6.07, 6.45) is 1.56. The lowest BCUT2D eigenvalue weighted by atomic mass is 10.2. The molecule has 1 amide bonds. The molecule has 11 heteroatoms.